The zero-order valence-electron chi connectivity index (χ0n) is 11.1. The lowest BCUT2D eigenvalue weighted by molar-refractivity contribution is -0.138. The second-order valence-corrected chi connectivity index (χ2v) is 4.60. The minimum Gasteiger partial charge on any atom is -0.480 e. The number of hydrogen-bond donors (Lipinski definition) is 2. The van der Waals surface area contributed by atoms with Gasteiger partial charge < -0.3 is 15.6 Å². The van der Waals surface area contributed by atoms with E-state index in [0.717, 1.165) is 5.56 Å². The molecule has 19 heavy (non-hydrogen) atoms. The van der Waals surface area contributed by atoms with Crippen LogP contribution < -0.4 is 5.73 Å². The summed E-state index contributed by atoms with van der Waals surface area (Å²) in [4.78, 5) is 22.3. The highest BCUT2D eigenvalue weighted by Crippen LogP contribution is 2.10. The van der Waals surface area contributed by atoms with Crippen molar-refractivity contribution in [3.63, 3.8) is 0 Å². The number of rotatable bonds is 6. The molecule has 3 N–H and O–H groups in total. The number of carboxylic acids is 1. The van der Waals surface area contributed by atoms with E-state index < -0.39 is 18.0 Å². The molecule has 0 bridgehead atoms. The van der Waals surface area contributed by atoms with Gasteiger partial charge in [-0.25, -0.2) is 4.79 Å². The highest BCUT2D eigenvalue weighted by molar-refractivity contribution is 5.89. The van der Waals surface area contributed by atoms with Gasteiger partial charge >= 0.3 is 11.9 Å². The number of carbonyl (C=O) groups is 2. The Labute approximate surface area is 112 Å². The highest BCUT2D eigenvalue weighted by Gasteiger charge is 2.16. The van der Waals surface area contributed by atoms with Gasteiger partial charge in [-0.1, -0.05) is 17.7 Å². The van der Waals surface area contributed by atoms with Gasteiger partial charge in [0, 0.05) is 0 Å². The van der Waals surface area contributed by atoms with Crippen LogP contribution in [0.1, 0.15) is 35.7 Å². The van der Waals surface area contributed by atoms with Crippen molar-refractivity contribution in [1.29, 1.82) is 0 Å². The fourth-order valence-electron chi connectivity index (χ4n) is 1.54. The number of benzene rings is 1. The van der Waals surface area contributed by atoms with Gasteiger partial charge in [0.15, 0.2) is 0 Å². The SMILES string of the molecule is Cc1ccc(C(=O)OC(C)CCC(N)C(=O)O)cc1. The van der Waals surface area contributed by atoms with E-state index in [1.54, 1.807) is 19.1 Å². The number of hydrogen-bond acceptors (Lipinski definition) is 4. The van der Waals surface area contributed by atoms with Crippen LogP contribution in [0.25, 0.3) is 0 Å². The Kier molecular flexibility index (Phi) is 5.51. The van der Waals surface area contributed by atoms with Gasteiger partial charge in [-0.05, 0) is 38.8 Å². The highest BCUT2D eigenvalue weighted by atomic mass is 16.5. The Morgan fingerprint density at radius 1 is 1.26 bits per heavy atom. The third-order valence-corrected chi connectivity index (χ3v) is 2.80. The largest absolute Gasteiger partial charge is 0.480 e. The lowest BCUT2D eigenvalue weighted by Gasteiger charge is -2.14. The summed E-state index contributed by atoms with van der Waals surface area (Å²) >= 11 is 0. The third-order valence-electron chi connectivity index (χ3n) is 2.80. The molecule has 5 nitrogen and oxygen atoms in total. The average molecular weight is 265 g/mol. The first-order chi connectivity index (χ1) is 8.90. The van der Waals surface area contributed by atoms with Gasteiger partial charge in [0.1, 0.15) is 6.04 Å². The minimum atomic E-state index is -1.04. The molecule has 2 unspecified atom stereocenters. The van der Waals surface area contributed by atoms with Crippen LogP contribution in [0.5, 0.6) is 0 Å². The summed E-state index contributed by atoms with van der Waals surface area (Å²) < 4.78 is 5.22. The van der Waals surface area contributed by atoms with E-state index in [2.05, 4.69) is 0 Å². The van der Waals surface area contributed by atoms with Crippen LogP contribution in [-0.4, -0.2) is 29.2 Å². The average Bonchev–Trinajstić information content (AvgIpc) is 2.36. The van der Waals surface area contributed by atoms with Crippen molar-refractivity contribution >= 4 is 11.9 Å². The lowest BCUT2D eigenvalue weighted by Crippen LogP contribution is -2.31. The zero-order chi connectivity index (χ0) is 14.4. The molecule has 1 aromatic rings. The summed E-state index contributed by atoms with van der Waals surface area (Å²) in [5, 5.41) is 8.65. The van der Waals surface area contributed by atoms with Crippen molar-refractivity contribution in [2.75, 3.05) is 0 Å². The molecule has 0 radical (unpaired) electrons. The van der Waals surface area contributed by atoms with Gasteiger partial charge in [0.25, 0.3) is 0 Å². The number of carboxylic acid groups (broad SMARTS) is 1. The predicted octanol–water partition coefficient (Wildman–Crippen LogP) is 1.73. The van der Waals surface area contributed by atoms with Crippen molar-refractivity contribution in [2.45, 2.75) is 38.8 Å². The van der Waals surface area contributed by atoms with E-state index in [9.17, 15) is 9.59 Å². The molecule has 0 aliphatic carbocycles. The Morgan fingerprint density at radius 2 is 1.84 bits per heavy atom. The fraction of sp³-hybridized carbons (Fsp3) is 0.429. The molecule has 1 aromatic carbocycles. The summed E-state index contributed by atoms with van der Waals surface area (Å²) in [6, 6.07) is 6.16. The number of ether oxygens (including phenoxy) is 1. The van der Waals surface area contributed by atoms with E-state index in [-0.39, 0.29) is 12.5 Å². The quantitative estimate of drug-likeness (QED) is 0.764. The minimum absolute atomic E-state index is 0.275. The molecule has 0 heterocycles. The number of nitrogens with two attached hydrogens (primary N) is 1. The van der Waals surface area contributed by atoms with Crippen LogP contribution in [-0.2, 0) is 9.53 Å². The number of aliphatic carboxylic acids is 1. The van der Waals surface area contributed by atoms with Gasteiger partial charge in [0.2, 0.25) is 0 Å². The van der Waals surface area contributed by atoms with E-state index in [0.29, 0.717) is 12.0 Å². The number of carbonyl (C=O) groups excluding carboxylic acids is 1. The van der Waals surface area contributed by atoms with Gasteiger partial charge in [-0.2, -0.15) is 0 Å². The van der Waals surface area contributed by atoms with E-state index in [4.69, 9.17) is 15.6 Å². The predicted molar refractivity (Wildman–Crippen MR) is 70.9 cm³/mol. The molecule has 1 rings (SSSR count). The van der Waals surface area contributed by atoms with Crippen LogP contribution >= 0.6 is 0 Å². The van der Waals surface area contributed by atoms with Gasteiger partial charge in [-0.15, -0.1) is 0 Å². The molecule has 0 aliphatic rings. The normalized spacial score (nSPS) is 13.6. The summed E-state index contributed by atoms with van der Waals surface area (Å²) in [6.07, 6.45) is 0.335. The van der Waals surface area contributed by atoms with Crippen LogP contribution in [0.15, 0.2) is 24.3 Å². The Bertz CT molecular complexity index is 441. The molecule has 0 saturated carbocycles. The summed E-state index contributed by atoms with van der Waals surface area (Å²) in [6.45, 7) is 3.66. The maximum absolute atomic E-state index is 11.8. The van der Waals surface area contributed by atoms with Crippen molar-refractivity contribution in [3.05, 3.63) is 35.4 Å². The van der Waals surface area contributed by atoms with Gasteiger partial charge in [-0.3, -0.25) is 4.79 Å². The first kappa shape index (κ1) is 15.2. The maximum Gasteiger partial charge on any atom is 0.338 e. The Morgan fingerprint density at radius 3 is 2.37 bits per heavy atom. The molecular weight excluding hydrogens is 246 g/mol. The summed E-state index contributed by atoms with van der Waals surface area (Å²) in [5.74, 6) is -1.45. The van der Waals surface area contributed by atoms with Crippen LogP contribution in [0.3, 0.4) is 0 Å². The smallest absolute Gasteiger partial charge is 0.338 e. The van der Waals surface area contributed by atoms with Crippen molar-refractivity contribution in [3.8, 4) is 0 Å². The topological polar surface area (TPSA) is 89.6 Å². The monoisotopic (exact) mass is 265 g/mol. The van der Waals surface area contributed by atoms with E-state index in [1.165, 1.54) is 0 Å². The molecule has 0 aromatic heterocycles. The molecule has 0 aliphatic heterocycles. The zero-order valence-corrected chi connectivity index (χ0v) is 11.1. The van der Waals surface area contributed by atoms with Crippen LogP contribution in [0.2, 0.25) is 0 Å². The molecular formula is C14H19NO4. The van der Waals surface area contributed by atoms with Crippen molar-refractivity contribution in [1.82, 2.24) is 0 Å². The number of esters is 1. The van der Waals surface area contributed by atoms with Crippen LogP contribution in [0.4, 0.5) is 0 Å². The standard InChI is InChI=1S/C14H19NO4/c1-9-3-6-11(7-4-9)14(18)19-10(2)5-8-12(15)13(16)17/h3-4,6-7,10,12H,5,8,15H2,1-2H3,(H,16,17). The number of aryl methyl sites for hydroxylation is 1. The maximum atomic E-state index is 11.8. The van der Waals surface area contributed by atoms with E-state index >= 15 is 0 Å². The first-order valence-electron chi connectivity index (χ1n) is 6.16. The second kappa shape index (κ2) is 6.89. The summed E-state index contributed by atoms with van der Waals surface area (Å²) in [7, 11) is 0. The molecule has 0 amide bonds. The van der Waals surface area contributed by atoms with Crippen LogP contribution in [0, 0.1) is 6.92 Å². The van der Waals surface area contributed by atoms with Crippen molar-refractivity contribution in [2.24, 2.45) is 5.73 Å². The molecule has 0 saturated heterocycles. The van der Waals surface area contributed by atoms with Gasteiger partial charge in [0.05, 0.1) is 11.7 Å². The molecule has 104 valence electrons. The Hall–Kier alpha value is -1.88. The molecule has 0 spiro atoms. The molecule has 2 atom stereocenters. The Balaban J connectivity index is 2.44. The molecule has 0 fully saturated rings. The lowest BCUT2D eigenvalue weighted by atomic mass is 10.1. The summed E-state index contributed by atoms with van der Waals surface area (Å²) in [5.41, 5.74) is 6.94. The first-order valence-corrected chi connectivity index (χ1v) is 6.16. The van der Waals surface area contributed by atoms with E-state index in [1.807, 2.05) is 19.1 Å². The molecule has 5 heteroatoms. The van der Waals surface area contributed by atoms with Crippen molar-refractivity contribution < 1.29 is 19.4 Å². The second-order valence-electron chi connectivity index (χ2n) is 4.60. The third kappa shape index (κ3) is 5.09. The fourth-order valence-corrected chi connectivity index (χ4v) is 1.54.